The molecule has 0 fully saturated rings. The van der Waals surface area contributed by atoms with E-state index in [4.69, 9.17) is 0 Å². The monoisotopic (exact) mass is 293 g/mol. The first-order chi connectivity index (χ1) is 10.4. The number of rotatable bonds is 2. The zero-order valence-electron chi connectivity index (χ0n) is 13.0. The van der Waals surface area contributed by atoms with Gasteiger partial charge >= 0.3 is 0 Å². The first kappa shape index (κ1) is 14.3. The van der Waals surface area contributed by atoms with E-state index < -0.39 is 0 Å². The quantitative estimate of drug-likeness (QED) is 0.751. The van der Waals surface area contributed by atoms with Gasteiger partial charge in [-0.25, -0.2) is 4.98 Å². The Kier molecular flexibility index (Phi) is 3.45. The fourth-order valence-electron chi connectivity index (χ4n) is 2.34. The molecule has 2 N–H and O–H groups in total. The van der Waals surface area contributed by atoms with Crippen LogP contribution in [0, 0.1) is 0 Å². The Hall–Kier alpha value is -2.62. The van der Waals surface area contributed by atoms with Crippen LogP contribution in [0.15, 0.2) is 53.3 Å². The van der Waals surface area contributed by atoms with E-state index >= 15 is 0 Å². The first-order valence-electron chi connectivity index (χ1n) is 7.30. The lowest BCUT2D eigenvalue weighted by Crippen LogP contribution is -2.12. The maximum atomic E-state index is 12.0. The Labute approximate surface area is 129 Å². The van der Waals surface area contributed by atoms with E-state index in [1.165, 1.54) is 5.56 Å². The van der Waals surface area contributed by atoms with E-state index in [-0.39, 0.29) is 11.0 Å². The van der Waals surface area contributed by atoms with Crippen molar-refractivity contribution < 1.29 is 0 Å². The number of hydrogen-bond donors (Lipinski definition) is 2. The molecule has 0 atom stereocenters. The molecule has 0 bridgehead atoms. The molecule has 0 amide bonds. The number of benzene rings is 2. The fraction of sp³-hybridized carbons (Fsp3) is 0.222. The molecule has 0 radical (unpaired) electrons. The van der Waals surface area contributed by atoms with Crippen LogP contribution in [0.1, 0.15) is 26.3 Å². The third-order valence-electron chi connectivity index (χ3n) is 3.63. The van der Waals surface area contributed by atoms with Crippen molar-refractivity contribution >= 4 is 22.5 Å². The van der Waals surface area contributed by atoms with Crippen molar-refractivity contribution in [3.05, 3.63) is 64.4 Å². The van der Waals surface area contributed by atoms with Crippen LogP contribution in [0.3, 0.4) is 0 Å². The van der Waals surface area contributed by atoms with Crippen LogP contribution in [-0.4, -0.2) is 9.97 Å². The molecular weight excluding hydrogens is 274 g/mol. The number of nitrogens with one attached hydrogen (secondary N) is 2. The Morgan fingerprint density at radius 3 is 2.36 bits per heavy atom. The largest absolute Gasteiger partial charge is 0.326 e. The maximum absolute atomic E-state index is 12.0. The first-order valence-corrected chi connectivity index (χ1v) is 7.30. The van der Waals surface area contributed by atoms with Crippen LogP contribution >= 0.6 is 0 Å². The molecule has 3 aromatic rings. The van der Waals surface area contributed by atoms with Gasteiger partial charge in [0.15, 0.2) is 0 Å². The molecule has 4 nitrogen and oxygen atoms in total. The highest BCUT2D eigenvalue weighted by Gasteiger charge is 2.13. The van der Waals surface area contributed by atoms with E-state index in [9.17, 15) is 4.79 Å². The molecule has 3 rings (SSSR count). The van der Waals surface area contributed by atoms with Crippen molar-refractivity contribution in [2.24, 2.45) is 0 Å². The smallest absolute Gasteiger partial charge is 0.260 e. The standard InChI is InChI=1S/C18H19N3O/c1-18(2,3)12-8-10-13(11-9-12)19-17-20-15-7-5-4-6-14(15)16(22)21-17/h4-11H,1-3H3,(H2,19,20,21,22). The summed E-state index contributed by atoms with van der Waals surface area (Å²) < 4.78 is 0. The number of fused-ring (bicyclic) bond motifs is 1. The molecule has 0 saturated carbocycles. The summed E-state index contributed by atoms with van der Waals surface area (Å²) in [5.41, 5.74) is 2.82. The minimum absolute atomic E-state index is 0.119. The van der Waals surface area contributed by atoms with Gasteiger partial charge in [-0.3, -0.25) is 9.78 Å². The van der Waals surface area contributed by atoms with Gasteiger partial charge in [-0.05, 0) is 35.2 Å². The van der Waals surface area contributed by atoms with Crippen molar-refractivity contribution in [2.45, 2.75) is 26.2 Å². The summed E-state index contributed by atoms with van der Waals surface area (Å²) in [6, 6.07) is 15.5. The number of aromatic nitrogens is 2. The van der Waals surface area contributed by atoms with E-state index in [1.54, 1.807) is 6.07 Å². The second-order valence-electron chi connectivity index (χ2n) is 6.38. The number of aromatic amines is 1. The summed E-state index contributed by atoms with van der Waals surface area (Å²) >= 11 is 0. The van der Waals surface area contributed by atoms with Crippen LogP contribution in [0.25, 0.3) is 10.9 Å². The molecule has 1 aromatic heterocycles. The predicted molar refractivity (Wildman–Crippen MR) is 90.8 cm³/mol. The zero-order valence-corrected chi connectivity index (χ0v) is 13.0. The summed E-state index contributed by atoms with van der Waals surface area (Å²) in [5.74, 6) is 0.451. The molecule has 0 unspecified atom stereocenters. The second-order valence-corrected chi connectivity index (χ2v) is 6.38. The maximum Gasteiger partial charge on any atom is 0.260 e. The Bertz CT molecular complexity index is 858. The van der Waals surface area contributed by atoms with Gasteiger partial charge < -0.3 is 5.32 Å². The lowest BCUT2D eigenvalue weighted by molar-refractivity contribution is 0.590. The Balaban J connectivity index is 1.92. The molecule has 112 valence electrons. The van der Waals surface area contributed by atoms with Crippen molar-refractivity contribution in [3.8, 4) is 0 Å². The topological polar surface area (TPSA) is 57.8 Å². The fourth-order valence-corrected chi connectivity index (χ4v) is 2.34. The minimum Gasteiger partial charge on any atom is -0.326 e. The normalized spacial score (nSPS) is 11.6. The second kappa shape index (κ2) is 5.30. The minimum atomic E-state index is -0.139. The third-order valence-corrected chi connectivity index (χ3v) is 3.63. The van der Waals surface area contributed by atoms with Gasteiger partial charge in [0.25, 0.3) is 5.56 Å². The van der Waals surface area contributed by atoms with Crippen LogP contribution in [0.5, 0.6) is 0 Å². The zero-order chi connectivity index (χ0) is 15.7. The molecule has 0 aliphatic carbocycles. The Morgan fingerprint density at radius 1 is 1.00 bits per heavy atom. The molecular formula is C18H19N3O. The van der Waals surface area contributed by atoms with Gasteiger partial charge in [0.1, 0.15) is 0 Å². The van der Waals surface area contributed by atoms with Crippen molar-refractivity contribution in [2.75, 3.05) is 5.32 Å². The molecule has 0 aliphatic rings. The summed E-state index contributed by atoms with van der Waals surface area (Å²) in [7, 11) is 0. The Morgan fingerprint density at radius 2 is 1.68 bits per heavy atom. The van der Waals surface area contributed by atoms with Crippen LogP contribution < -0.4 is 10.9 Å². The highest BCUT2D eigenvalue weighted by atomic mass is 16.1. The predicted octanol–water partition coefficient (Wildman–Crippen LogP) is 3.96. The molecule has 4 heteroatoms. The van der Waals surface area contributed by atoms with Crippen molar-refractivity contribution in [1.29, 1.82) is 0 Å². The molecule has 0 spiro atoms. The SMILES string of the molecule is CC(C)(C)c1ccc(Nc2nc3ccccc3c(=O)[nH]2)cc1. The number of H-pyrrole nitrogens is 1. The highest BCUT2D eigenvalue weighted by molar-refractivity contribution is 5.78. The van der Waals surface area contributed by atoms with Crippen LogP contribution in [-0.2, 0) is 5.41 Å². The summed E-state index contributed by atoms with van der Waals surface area (Å²) in [6.45, 7) is 6.54. The molecule has 0 aliphatic heterocycles. The molecule has 1 heterocycles. The summed E-state index contributed by atoms with van der Waals surface area (Å²) in [6.07, 6.45) is 0. The van der Waals surface area contributed by atoms with Gasteiger partial charge in [-0.2, -0.15) is 0 Å². The van der Waals surface area contributed by atoms with E-state index in [0.29, 0.717) is 16.9 Å². The van der Waals surface area contributed by atoms with E-state index in [0.717, 1.165) is 5.69 Å². The van der Waals surface area contributed by atoms with Crippen LogP contribution in [0.2, 0.25) is 0 Å². The van der Waals surface area contributed by atoms with Gasteiger partial charge in [0.05, 0.1) is 10.9 Å². The van der Waals surface area contributed by atoms with E-state index in [2.05, 4.69) is 48.2 Å². The third kappa shape index (κ3) is 2.86. The highest BCUT2D eigenvalue weighted by Crippen LogP contribution is 2.24. The van der Waals surface area contributed by atoms with Crippen molar-refractivity contribution in [1.82, 2.24) is 9.97 Å². The van der Waals surface area contributed by atoms with Gasteiger partial charge in [0, 0.05) is 5.69 Å². The molecule has 2 aromatic carbocycles. The average Bonchev–Trinajstić information content (AvgIpc) is 2.47. The lowest BCUT2D eigenvalue weighted by Gasteiger charge is -2.19. The molecule has 22 heavy (non-hydrogen) atoms. The van der Waals surface area contributed by atoms with E-state index in [1.807, 2.05) is 30.3 Å². The lowest BCUT2D eigenvalue weighted by atomic mass is 9.87. The summed E-state index contributed by atoms with van der Waals surface area (Å²) in [5, 5.41) is 3.74. The van der Waals surface area contributed by atoms with Gasteiger partial charge in [0.2, 0.25) is 5.95 Å². The number of nitrogens with zero attached hydrogens (tertiary/aromatic N) is 1. The number of hydrogen-bond acceptors (Lipinski definition) is 3. The van der Waals surface area contributed by atoms with Gasteiger partial charge in [-0.1, -0.05) is 45.0 Å². The van der Waals surface area contributed by atoms with Crippen LogP contribution in [0.4, 0.5) is 11.6 Å². The van der Waals surface area contributed by atoms with Crippen molar-refractivity contribution in [3.63, 3.8) is 0 Å². The average molecular weight is 293 g/mol. The molecule has 0 saturated heterocycles. The number of para-hydroxylation sites is 1. The van der Waals surface area contributed by atoms with Gasteiger partial charge in [-0.15, -0.1) is 0 Å². The summed E-state index contributed by atoms with van der Waals surface area (Å²) in [4.78, 5) is 19.2. The number of anilines is 2.